The van der Waals surface area contributed by atoms with Crippen LogP contribution in [-0.4, -0.2) is 70.0 Å². The number of carbonyl (C=O) groups is 4. The van der Waals surface area contributed by atoms with Crippen LogP contribution in [0.25, 0.3) is 0 Å². The average Bonchev–Trinajstić information content (AvgIpc) is 3.15. The van der Waals surface area contributed by atoms with Crippen LogP contribution < -0.4 is 10.1 Å². The molecule has 0 saturated carbocycles. The zero-order valence-electron chi connectivity index (χ0n) is 17.4. The van der Waals surface area contributed by atoms with Gasteiger partial charge in [0, 0.05) is 6.54 Å². The Kier molecular flexibility index (Phi) is 5.81. The van der Waals surface area contributed by atoms with Gasteiger partial charge in [0.1, 0.15) is 11.8 Å². The monoisotopic (exact) mass is 437 g/mol. The van der Waals surface area contributed by atoms with E-state index in [9.17, 15) is 24.3 Å². The standard InChI is InChI=1S/C23H23N3O6/c1-14-7-5-6-8-15(14)11-19(28)25-12-17-20(22(29)26(17)21(25)23(30)31)24-18(27)13-32-16-9-3-2-4-10-16/h2-10,17,20-21H,11-13H2,1H3,(H,24,27)(H,30,31)/t17?,20-,21?/m0/s1. The number of para-hydroxylation sites is 1. The Labute approximate surface area is 184 Å². The summed E-state index contributed by atoms with van der Waals surface area (Å²) in [7, 11) is 0. The number of ether oxygens (including phenoxy) is 1. The number of carbonyl (C=O) groups excluding carboxylic acids is 3. The lowest BCUT2D eigenvalue weighted by atomic mass is 9.96. The number of nitrogens with one attached hydrogen (secondary N) is 1. The van der Waals surface area contributed by atoms with Crippen LogP contribution in [-0.2, 0) is 25.6 Å². The molecule has 0 spiro atoms. The van der Waals surface area contributed by atoms with E-state index in [0.717, 1.165) is 16.0 Å². The number of rotatable bonds is 7. The zero-order chi connectivity index (χ0) is 22.8. The molecule has 2 aromatic carbocycles. The Hall–Kier alpha value is -3.88. The van der Waals surface area contributed by atoms with Crippen LogP contribution in [0.4, 0.5) is 0 Å². The third kappa shape index (κ3) is 4.01. The highest BCUT2D eigenvalue weighted by Gasteiger charge is 2.60. The first-order valence-corrected chi connectivity index (χ1v) is 10.2. The van der Waals surface area contributed by atoms with Crippen molar-refractivity contribution in [2.75, 3.05) is 13.2 Å². The molecule has 2 unspecified atom stereocenters. The highest BCUT2D eigenvalue weighted by Crippen LogP contribution is 2.33. The molecule has 2 heterocycles. The number of β-lactam (4-membered cyclic amide) rings is 1. The van der Waals surface area contributed by atoms with Crippen LogP contribution in [0.3, 0.4) is 0 Å². The van der Waals surface area contributed by atoms with Gasteiger partial charge in [0.25, 0.3) is 5.91 Å². The fourth-order valence-corrected chi connectivity index (χ4v) is 4.12. The maximum Gasteiger partial charge on any atom is 0.347 e. The van der Waals surface area contributed by atoms with Crippen LogP contribution in [0, 0.1) is 6.92 Å². The zero-order valence-corrected chi connectivity index (χ0v) is 17.4. The van der Waals surface area contributed by atoms with Crippen molar-refractivity contribution in [3.05, 3.63) is 65.7 Å². The molecule has 2 aromatic rings. The van der Waals surface area contributed by atoms with Crippen molar-refractivity contribution in [3.63, 3.8) is 0 Å². The lowest BCUT2D eigenvalue weighted by Crippen LogP contribution is -2.71. The second-order valence-corrected chi connectivity index (χ2v) is 7.82. The van der Waals surface area contributed by atoms with Gasteiger partial charge in [0.05, 0.1) is 12.5 Å². The first-order valence-electron chi connectivity index (χ1n) is 10.2. The van der Waals surface area contributed by atoms with E-state index >= 15 is 0 Å². The minimum absolute atomic E-state index is 0.0349. The SMILES string of the molecule is Cc1ccccc1CC(=O)N1CC2[C@H](NC(=O)COc3ccccc3)C(=O)N2C1C(=O)O. The Morgan fingerprint density at radius 1 is 1.09 bits per heavy atom. The van der Waals surface area contributed by atoms with Crippen molar-refractivity contribution in [1.82, 2.24) is 15.1 Å². The van der Waals surface area contributed by atoms with Gasteiger partial charge in [-0.2, -0.15) is 0 Å². The summed E-state index contributed by atoms with van der Waals surface area (Å²) < 4.78 is 5.38. The van der Waals surface area contributed by atoms with E-state index in [2.05, 4.69) is 5.32 Å². The second kappa shape index (κ2) is 8.70. The molecule has 0 aliphatic carbocycles. The predicted octanol–water partition coefficient (Wildman–Crippen LogP) is 0.565. The molecule has 2 aliphatic rings. The van der Waals surface area contributed by atoms with E-state index in [0.29, 0.717) is 5.75 Å². The molecule has 2 saturated heterocycles. The van der Waals surface area contributed by atoms with Crippen molar-refractivity contribution in [2.45, 2.75) is 31.6 Å². The maximum absolute atomic E-state index is 12.9. The number of hydrogen-bond donors (Lipinski definition) is 2. The van der Waals surface area contributed by atoms with Crippen LogP contribution in [0.5, 0.6) is 5.75 Å². The molecule has 166 valence electrons. The summed E-state index contributed by atoms with van der Waals surface area (Å²) in [5.41, 5.74) is 1.72. The summed E-state index contributed by atoms with van der Waals surface area (Å²) in [4.78, 5) is 52.0. The summed E-state index contributed by atoms with van der Waals surface area (Å²) >= 11 is 0. The van der Waals surface area contributed by atoms with Crippen LogP contribution >= 0.6 is 0 Å². The van der Waals surface area contributed by atoms with Crippen molar-refractivity contribution in [1.29, 1.82) is 0 Å². The lowest BCUT2D eigenvalue weighted by molar-refractivity contribution is -0.166. The third-order valence-electron chi connectivity index (χ3n) is 5.78. The molecule has 4 rings (SSSR count). The molecule has 2 aliphatic heterocycles. The highest BCUT2D eigenvalue weighted by atomic mass is 16.5. The molecule has 32 heavy (non-hydrogen) atoms. The van der Waals surface area contributed by atoms with Crippen molar-refractivity contribution >= 4 is 23.7 Å². The first-order chi connectivity index (χ1) is 15.4. The van der Waals surface area contributed by atoms with Gasteiger partial charge in [-0.25, -0.2) is 4.79 Å². The maximum atomic E-state index is 12.9. The highest BCUT2D eigenvalue weighted by molar-refractivity contribution is 5.99. The Morgan fingerprint density at radius 2 is 1.78 bits per heavy atom. The van der Waals surface area contributed by atoms with E-state index in [1.165, 1.54) is 4.90 Å². The Morgan fingerprint density at radius 3 is 2.47 bits per heavy atom. The predicted molar refractivity (Wildman–Crippen MR) is 113 cm³/mol. The number of nitrogens with zero attached hydrogens (tertiary/aromatic N) is 2. The Balaban J connectivity index is 1.41. The molecular weight excluding hydrogens is 414 g/mol. The fraction of sp³-hybridized carbons (Fsp3) is 0.304. The minimum Gasteiger partial charge on any atom is -0.484 e. The van der Waals surface area contributed by atoms with E-state index in [1.807, 2.05) is 37.3 Å². The number of hydrogen-bond acceptors (Lipinski definition) is 5. The molecular formula is C23H23N3O6. The Bertz CT molecular complexity index is 1060. The molecule has 3 atom stereocenters. The molecule has 2 N–H and O–H groups in total. The molecule has 2 fully saturated rings. The number of amides is 3. The summed E-state index contributed by atoms with van der Waals surface area (Å²) in [6.45, 7) is 1.64. The van der Waals surface area contributed by atoms with Gasteiger partial charge in [0.2, 0.25) is 18.0 Å². The normalized spacial score (nSPS) is 21.5. The third-order valence-corrected chi connectivity index (χ3v) is 5.78. The first kappa shape index (κ1) is 21.4. The summed E-state index contributed by atoms with van der Waals surface area (Å²) in [5, 5.41) is 12.3. The van der Waals surface area contributed by atoms with E-state index in [-0.39, 0.29) is 25.5 Å². The van der Waals surface area contributed by atoms with Gasteiger partial charge in [-0.15, -0.1) is 0 Å². The molecule has 0 bridgehead atoms. The van der Waals surface area contributed by atoms with Crippen molar-refractivity contribution in [3.8, 4) is 5.75 Å². The van der Waals surface area contributed by atoms with Gasteiger partial charge in [-0.05, 0) is 30.2 Å². The largest absolute Gasteiger partial charge is 0.484 e. The van der Waals surface area contributed by atoms with Crippen LogP contribution in [0.2, 0.25) is 0 Å². The topological polar surface area (TPSA) is 116 Å². The summed E-state index contributed by atoms with van der Waals surface area (Å²) in [6, 6.07) is 14.7. The molecule has 0 radical (unpaired) electrons. The van der Waals surface area contributed by atoms with Crippen molar-refractivity contribution in [2.24, 2.45) is 0 Å². The van der Waals surface area contributed by atoms with E-state index in [4.69, 9.17) is 4.74 Å². The van der Waals surface area contributed by atoms with E-state index in [1.54, 1.807) is 24.3 Å². The average molecular weight is 437 g/mol. The molecule has 9 nitrogen and oxygen atoms in total. The second-order valence-electron chi connectivity index (χ2n) is 7.82. The van der Waals surface area contributed by atoms with Gasteiger partial charge in [-0.1, -0.05) is 42.5 Å². The van der Waals surface area contributed by atoms with Gasteiger partial charge in [0.15, 0.2) is 6.61 Å². The molecule has 0 aromatic heterocycles. The number of aryl methyl sites for hydroxylation is 1. The molecule has 3 amide bonds. The number of aliphatic carboxylic acids is 1. The minimum atomic E-state index is -1.38. The quantitative estimate of drug-likeness (QED) is 0.612. The summed E-state index contributed by atoms with van der Waals surface area (Å²) in [6.07, 6.45) is -1.34. The molecule has 9 heteroatoms. The summed E-state index contributed by atoms with van der Waals surface area (Å²) in [5.74, 6) is -2.17. The van der Waals surface area contributed by atoms with Crippen LogP contribution in [0.1, 0.15) is 11.1 Å². The number of carboxylic acids is 1. The lowest BCUT2D eigenvalue weighted by Gasteiger charge is -2.43. The van der Waals surface area contributed by atoms with E-state index < -0.39 is 36.0 Å². The number of fused-ring (bicyclic) bond motifs is 1. The van der Waals surface area contributed by atoms with Crippen LogP contribution in [0.15, 0.2) is 54.6 Å². The number of carboxylic acid groups (broad SMARTS) is 1. The van der Waals surface area contributed by atoms with Gasteiger partial charge >= 0.3 is 5.97 Å². The van der Waals surface area contributed by atoms with Gasteiger partial charge < -0.3 is 25.0 Å². The van der Waals surface area contributed by atoms with Crippen molar-refractivity contribution < 1.29 is 29.0 Å². The smallest absolute Gasteiger partial charge is 0.347 e. The van der Waals surface area contributed by atoms with Gasteiger partial charge in [-0.3, -0.25) is 14.4 Å². The fourth-order valence-electron chi connectivity index (χ4n) is 4.12. The number of benzene rings is 2.